The van der Waals surface area contributed by atoms with Crippen molar-refractivity contribution in [1.82, 2.24) is 4.90 Å². The molecular weight excluding hydrogens is 532 g/mol. The molecule has 0 bridgehead atoms. The standard InChI is InChI=1S/C26H19BrN2O5S/c1-3-11-34-24-17(12-18(27)14-21(24)33-2)13-22-25(31)29(26(32)35-22)15-23(30)28-20-10-6-8-16-7-4-5-9-19(16)20/h1,4-10,12-14H,11,15H2,2H3,(H,28,30)/b22-13+. The van der Waals surface area contributed by atoms with E-state index in [4.69, 9.17) is 15.9 Å². The van der Waals surface area contributed by atoms with Crippen LogP contribution in [0.5, 0.6) is 11.5 Å². The van der Waals surface area contributed by atoms with Gasteiger partial charge in [-0.2, -0.15) is 0 Å². The van der Waals surface area contributed by atoms with E-state index in [-0.39, 0.29) is 11.5 Å². The summed E-state index contributed by atoms with van der Waals surface area (Å²) in [6.45, 7) is -0.415. The maximum atomic E-state index is 13.0. The fraction of sp³-hybridized carbons (Fsp3) is 0.115. The van der Waals surface area contributed by atoms with E-state index in [1.54, 1.807) is 18.2 Å². The summed E-state index contributed by atoms with van der Waals surface area (Å²) >= 11 is 4.14. The largest absolute Gasteiger partial charge is 0.493 e. The summed E-state index contributed by atoms with van der Waals surface area (Å²) in [5, 5.41) is 4.08. The Morgan fingerprint density at radius 1 is 1.20 bits per heavy atom. The molecule has 0 radical (unpaired) electrons. The molecule has 0 saturated carbocycles. The summed E-state index contributed by atoms with van der Waals surface area (Å²) in [4.78, 5) is 39.4. The molecule has 0 spiro atoms. The lowest BCUT2D eigenvalue weighted by atomic mass is 10.1. The number of imide groups is 1. The molecule has 0 unspecified atom stereocenters. The average Bonchev–Trinajstić information content (AvgIpc) is 3.10. The van der Waals surface area contributed by atoms with Crippen LogP contribution in [0.15, 0.2) is 64.0 Å². The van der Waals surface area contributed by atoms with Gasteiger partial charge in [-0.05, 0) is 41.4 Å². The van der Waals surface area contributed by atoms with Gasteiger partial charge in [0.2, 0.25) is 5.91 Å². The number of methoxy groups -OCH3 is 1. The number of amides is 3. The second kappa shape index (κ2) is 10.7. The highest BCUT2D eigenvalue weighted by Gasteiger charge is 2.36. The van der Waals surface area contributed by atoms with Gasteiger partial charge in [-0.3, -0.25) is 19.3 Å². The second-order valence-corrected chi connectivity index (χ2v) is 9.27. The van der Waals surface area contributed by atoms with Crippen LogP contribution in [0, 0.1) is 12.3 Å². The van der Waals surface area contributed by atoms with Crippen molar-refractivity contribution in [2.24, 2.45) is 0 Å². The Kier molecular flexibility index (Phi) is 7.44. The minimum absolute atomic E-state index is 0.00531. The molecule has 4 rings (SSSR count). The van der Waals surface area contributed by atoms with Crippen LogP contribution in [-0.2, 0) is 9.59 Å². The minimum Gasteiger partial charge on any atom is -0.493 e. The van der Waals surface area contributed by atoms with Crippen LogP contribution in [0.1, 0.15) is 5.56 Å². The van der Waals surface area contributed by atoms with Crippen molar-refractivity contribution >= 4 is 67.3 Å². The number of nitrogens with one attached hydrogen (secondary N) is 1. The quantitative estimate of drug-likeness (QED) is 0.317. The summed E-state index contributed by atoms with van der Waals surface area (Å²) < 4.78 is 11.7. The van der Waals surface area contributed by atoms with Gasteiger partial charge in [-0.15, -0.1) is 6.42 Å². The van der Waals surface area contributed by atoms with Crippen LogP contribution >= 0.6 is 27.7 Å². The molecule has 176 valence electrons. The monoisotopic (exact) mass is 550 g/mol. The molecule has 1 fully saturated rings. The van der Waals surface area contributed by atoms with Crippen molar-refractivity contribution in [3.8, 4) is 23.8 Å². The Labute approximate surface area is 214 Å². The number of carbonyl (C=O) groups is 3. The predicted octanol–water partition coefficient (Wildman–Crippen LogP) is 5.30. The van der Waals surface area contributed by atoms with E-state index >= 15 is 0 Å². The molecule has 3 aromatic rings. The Hall–Kier alpha value is -3.74. The predicted molar refractivity (Wildman–Crippen MR) is 140 cm³/mol. The smallest absolute Gasteiger partial charge is 0.294 e. The normalized spacial score (nSPS) is 14.3. The van der Waals surface area contributed by atoms with E-state index in [1.807, 2.05) is 36.4 Å². The number of anilines is 1. The molecular formula is C26H19BrN2O5S. The van der Waals surface area contributed by atoms with Crippen LogP contribution in [0.4, 0.5) is 10.5 Å². The lowest BCUT2D eigenvalue weighted by Crippen LogP contribution is -2.36. The molecule has 3 aromatic carbocycles. The molecule has 7 nitrogen and oxygen atoms in total. The number of carbonyl (C=O) groups excluding carboxylic acids is 3. The highest BCUT2D eigenvalue weighted by molar-refractivity contribution is 9.10. The minimum atomic E-state index is -0.574. The maximum Gasteiger partial charge on any atom is 0.294 e. The number of ether oxygens (including phenoxy) is 2. The molecule has 0 aliphatic carbocycles. The molecule has 35 heavy (non-hydrogen) atoms. The first-order valence-corrected chi connectivity index (χ1v) is 12.0. The van der Waals surface area contributed by atoms with Gasteiger partial charge in [0.25, 0.3) is 11.1 Å². The van der Waals surface area contributed by atoms with Crippen LogP contribution in [-0.4, -0.2) is 42.2 Å². The molecule has 0 atom stereocenters. The van der Waals surface area contributed by atoms with Crippen LogP contribution in [0.3, 0.4) is 0 Å². The SMILES string of the molecule is C#CCOc1c(/C=C2/SC(=O)N(CC(=O)Nc3cccc4ccccc34)C2=O)cc(Br)cc1OC. The van der Waals surface area contributed by atoms with Crippen LogP contribution < -0.4 is 14.8 Å². The van der Waals surface area contributed by atoms with Gasteiger partial charge in [-0.1, -0.05) is 58.2 Å². The summed E-state index contributed by atoms with van der Waals surface area (Å²) in [5.74, 6) is 2.09. The third-order valence-electron chi connectivity index (χ3n) is 5.09. The van der Waals surface area contributed by atoms with Crippen molar-refractivity contribution in [2.45, 2.75) is 0 Å². The fourth-order valence-electron chi connectivity index (χ4n) is 3.56. The first kappa shape index (κ1) is 24.4. The van der Waals surface area contributed by atoms with E-state index in [1.165, 1.54) is 13.2 Å². The number of hydrogen-bond acceptors (Lipinski definition) is 6. The number of benzene rings is 3. The van der Waals surface area contributed by atoms with Gasteiger partial charge in [0.15, 0.2) is 11.5 Å². The Balaban J connectivity index is 1.55. The molecule has 1 aliphatic heterocycles. The average molecular weight is 551 g/mol. The second-order valence-electron chi connectivity index (χ2n) is 7.36. The number of hydrogen-bond donors (Lipinski definition) is 1. The highest BCUT2D eigenvalue weighted by Crippen LogP contribution is 2.39. The van der Waals surface area contributed by atoms with Crippen molar-refractivity contribution in [1.29, 1.82) is 0 Å². The number of nitrogens with zero attached hydrogens (tertiary/aromatic N) is 1. The number of terminal acetylenes is 1. The zero-order chi connectivity index (χ0) is 24.9. The summed E-state index contributed by atoms with van der Waals surface area (Å²) in [6.07, 6.45) is 6.83. The zero-order valence-electron chi connectivity index (χ0n) is 18.5. The third kappa shape index (κ3) is 5.34. The maximum absolute atomic E-state index is 13.0. The van der Waals surface area contributed by atoms with Crippen molar-refractivity contribution in [3.05, 3.63) is 69.5 Å². The van der Waals surface area contributed by atoms with E-state index in [0.717, 1.165) is 27.4 Å². The molecule has 3 amide bonds. The lowest BCUT2D eigenvalue weighted by molar-refractivity contribution is -0.127. The lowest BCUT2D eigenvalue weighted by Gasteiger charge is -2.14. The van der Waals surface area contributed by atoms with Gasteiger partial charge in [-0.25, -0.2) is 0 Å². The summed E-state index contributed by atoms with van der Waals surface area (Å²) in [5.41, 5.74) is 1.10. The Bertz CT molecular complexity index is 1410. The number of rotatable bonds is 7. The van der Waals surface area contributed by atoms with Gasteiger partial charge in [0.1, 0.15) is 13.2 Å². The van der Waals surface area contributed by atoms with E-state index < -0.39 is 23.6 Å². The van der Waals surface area contributed by atoms with E-state index in [2.05, 4.69) is 27.2 Å². The first-order valence-electron chi connectivity index (χ1n) is 10.4. The van der Waals surface area contributed by atoms with Gasteiger partial charge in [0.05, 0.1) is 12.0 Å². The van der Waals surface area contributed by atoms with Crippen molar-refractivity contribution in [2.75, 3.05) is 25.6 Å². The number of fused-ring (bicyclic) bond motifs is 1. The number of thioether (sulfide) groups is 1. The molecule has 0 aromatic heterocycles. The van der Waals surface area contributed by atoms with Crippen LogP contribution in [0.2, 0.25) is 0 Å². The van der Waals surface area contributed by atoms with E-state index in [0.29, 0.717) is 27.2 Å². The topological polar surface area (TPSA) is 84.9 Å². The Morgan fingerprint density at radius 3 is 2.74 bits per heavy atom. The summed E-state index contributed by atoms with van der Waals surface area (Å²) in [7, 11) is 1.48. The summed E-state index contributed by atoms with van der Waals surface area (Å²) in [6, 6.07) is 16.6. The molecule has 1 aliphatic rings. The first-order chi connectivity index (χ1) is 16.9. The molecule has 1 saturated heterocycles. The highest BCUT2D eigenvalue weighted by atomic mass is 79.9. The Morgan fingerprint density at radius 2 is 1.97 bits per heavy atom. The van der Waals surface area contributed by atoms with Gasteiger partial charge in [0, 0.05) is 21.1 Å². The molecule has 1 heterocycles. The molecule has 9 heteroatoms. The zero-order valence-corrected chi connectivity index (χ0v) is 20.9. The van der Waals surface area contributed by atoms with Crippen LogP contribution in [0.25, 0.3) is 16.8 Å². The van der Waals surface area contributed by atoms with Gasteiger partial charge < -0.3 is 14.8 Å². The van der Waals surface area contributed by atoms with Gasteiger partial charge >= 0.3 is 0 Å². The van der Waals surface area contributed by atoms with Crippen molar-refractivity contribution in [3.63, 3.8) is 0 Å². The fourth-order valence-corrected chi connectivity index (χ4v) is 4.84. The van der Waals surface area contributed by atoms with E-state index in [9.17, 15) is 14.4 Å². The molecule has 1 N–H and O–H groups in total. The third-order valence-corrected chi connectivity index (χ3v) is 6.46. The number of halogens is 1. The van der Waals surface area contributed by atoms with Crippen molar-refractivity contribution < 1.29 is 23.9 Å².